The van der Waals surface area contributed by atoms with Gasteiger partial charge in [-0.25, -0.2) is 0 Å². The highest BCUT2D eigenvalue weighted by atomic mass is 35.5. The molecule has 106 valence electrons. The molecule has 0 saturated carbocycles. The summed E-state index contributed by atoms with van der Waals surface area (Å²) < 4.78 is 0. The van der Waals surface area contributed by atoms with E-state index in [2.05, 4.69) is 36.9 Å². The number of rotatable bonds is 3. The van der Waals surface area contributed by atoms with Gasteiger partial charge in [0.1, 0.15) is 0 Å². The van der Waals surface area contributed by atoms with Crippen LogP contribution >= 0.6 is 11.6 Å². The molecule has 1 unspecified atom stereocenters. The predicted molar refractivity (Wildman–Crippen MR) is 86.1 cm³/mol. The minimum absolute atomic E-state index is 0.553. The van der Waals surface area contributed by atoms with E-state index in [0.29, 0.717) is 5.02 Å². The molecule has 2 aromatic rings. The van der Waals surface area contributed by atoms with E-state index < -0.39 is 6.10 Å². The van der Waals surface area contributed by atoms with Crippen molar-refractivity contribution in [1.82, 2.24) is 0 Å². The lowest BCUT2D eigenvalue weighted by Gasteiger charge is -2.22. The molecule has 2 rings (SSSR count). The zero-order valence-corrected chi connectivity index (χ0v) is 13.1. The van der Waals surface area contributed by atoms with Crippen LogP contribution in [0.25, 0.3) is 0 Å². The van der Waals surface area contributed by atoms with Crippen LogP contribution in [0.3, 0.4) is 0 Å². The SMILES string of the molecule is Cc1cc(C)cc(N(C)c2ccc(C(C)O)c(Cl)c2)c1. The quantitative estimate of drug-likeness (QED) is 0.879. The monoisotopic (exact) mass is 289 g/mol. The van der Waals surface area contributed by atoms with Crippen LogP contribution in [-0.2, 0) is 0 Å². The molecule has 2 aromatic carbocycles. The summed E-state index contributed by atoms with van der Waals surface area (Å²) in [7, 11) is 2.02. The summed E-state index contributed by atoms with van der Waals surface area (Å²) in [5.74, 6) is 0. The Morgan fingerprint density at radius 1 is 1.00 bits per heavy atom. The van der Waals surface area contributed by atoms with Crippen molar-refractivity contribution in [2.75, 3.05) is 11.9 Å². The molecule has 0 amide bonds. The van der Waals surface area contributed by atoms with Gasteiger partial charge >= 0.3 is 0 Å². The van der Waals surface area contributed by atoms with E-state index in [1.54, 1.807) is 6.92 Å². The van der Waals surface area contributed by atoms with Crippen molar-refractivity contribution < 1.29 is 5.11 Å². The molecule has 0 bridgehead atoms. The highest BCUT2D eigenvalue weighted by Gasteiger charge is 2.10. The lowest BCUT2D eigenvalue weighted by molar-refractivity contribution is 0.199. The first-order valence-electron chi connectivity index (χ1n) is 6.68. The van der Waals surface area contributed by atoms with Crippen molar-refractivity contribution in [3.05, 3.63) is 58.1 Å². The minimum Gasteiger partial charge on any atom is -0.389 e. The van der Waals surface area contributed by atoms with Gasteiger partial charge in [0.15, 0.2) is 0 Å². The van der Waals surface area contributed by atoms with Gasteiger partial charge in [-0.2, -0.15) is 0 Å². The van der Waals surface area contributed by atoms with Gasteiger partial charge in [-0.15, -0.1) is 0 Å². The molecule has 0 aliphatic heterocycles. The maximum absolute atomic E-state index is 9.63. The van der Waals surface area contributed by atoms with Crippen molar-refractivity contribution in [2.45, 2.75) is 26.9 Å². The van der Waals surface area contributed by atoms with Crippen LogP contribution in [0.15, 0.2) is 36.4 Å². The average molecular weight is 290 g/mol. The lowest BCUT2D eigenvalue weighted by atomic mass is 10.1. The Bertz CT molecular complexity index is 602. The molecule has 0 saturated heterocycles. The zero-order chi connectivity index (χ0) is 14.9. The zero-order valence-electron chi connectivity index (χ0n) is 12.3. The molecule has 0 aliphatic carbocycles. The summed E-state index contributed by atoms with van der Waals surface area (Å²) in [5.41, 5.74) is 5.36. The van der Waals surface area contributed by atoms with Gasteiger partial charge < -0.3 is 10.0 Å². The Morgan fingerprint density at radius 2 is 1.60 bits per heavy atom. The second-order valence-electron chi connectivity index (χ2n) is 5.29. The predicted octanol–water partition coefficient (Wildman–Crippen LogP) is 4.78. The van der Waals surface area contributed by atoms with E-state index in [9.17, 15) is 5.11 Å². The van der Waals surface area contributed by atoms with E-state index >= 15 is 0 Å². The number of hydrogen-bond donors (Lipinski definition) is 1. The third-order valence-corrected chi connectivity index (χ3v) is 3.74. The fraction of sp³-hybridized carbons (Fsp3) is 0.294. The van der Waals surface area contributed by atoms with Crippen LogP contribution in [0.1, 0.15) is 29.7 Å². The molecule has 0 fully saturated rings. The molecular weight excluding hydrogens is 270 g/mol. The highest BCUT2D eigenvalue weighted by molar-refractivity contribution is 6.31. The molecule has 20 heavy (non-hydrogen) atoms. The molecule has 0 radical (unpaired) electrons. The fourth-order valence-electron chi connectivity index (χ4n) is 2.36. The van der Waals surface area contributed by atoms with Gasteiger partial charge in [-0.05, 0) is 61.7 Å². The maximum Gasteiger partial charge on any atom is 0.0776 e. The van der Waals surface area contributed by atoms with E-state index in [4.69, 9.17) is 11.6 Å². The molecule has 3 heteroatoms. The maximum atomic E-state index is 9.63. The van der Waals surface area contributed by atoms with Crippen LogP contribution in [0.2, 0.25) is 5.02 Å². The van der Waals surface area contributed by atoms with Gasteiger partial charge in [-0.1, -0.05) is 23.7 Å². The third kappa shape index (κ3) is 3.14. The van der Waals surface area contributed by atoms with Gasteiger partial charge in [0, 0.05) is 23.4 Å². The second-order valence-corrected chi connectivity index (χ2v) is 5.69. The normalized spacial score (nSPS) is 12.3. The Balaban J connectivity index is 2.38. The van der Waals surface area contributed by atoms with E-state index in [1.807, 2.05) is 25.2 Å². The molecule has 2 nitrogen and oxygen atoms in total. The Morgan fingerprint density at radius 3 is 2.10 bits per heavy atom. The first-order chi connectivity index (χ1) is 9.38. The van der Waals surface area contributed by atoms with Crippen LogP contribution < -0.4 is 4.90 Å². The summed E-state index contributed by atoms with van der Waals surface area (Å²) in [4.78, 5) is 2.09. The molecule has 0 spiro atoms. The fourth-order valence-corrected chi connectivity index (χ4v) is 2.69. The second kappa shape index (κ2) is 5.86. The molecule has 1 atom stereocenters. The first-order valence-corrected chi connectivity index (χ1v) is 7.06. The van der Waals surface area contributed by atoms with E-state index in [-0.39, 0.29) is 0 Å². The number of hydrogen-bond acceptors (Lipinski definition) is 2. The standard InChI is InChI=1S/C17H20ClNO/c1-11-7-12(2)9-15(8-11)19(4)14-5-6-16(13(3)20)17(18)10-14/h5-10,13,20H,1-4H3. The summed E-state index contributed by atoms with van der Waals surface area (Å²) >= 11 is 6.23. The largest absolute Gasteiger partial charge is 0.389 e. The summed E-state index contributed by atoms with van der Waals surface area (Å²) in [6.07, 6.45) is -0.553. The average Bonchev–Trinajstić information content (AvgIpc) is 2.36. The smallest absolute Gasteiger partial charge is 0.0776 e. The van der Waals surface area contributed by atoms with Crippen molar-refractivity contribution >= 4 is 23.0 Å². The molecular formula is C17H20ClNO. The van der Waals surface area contributed by atoms with Crippen molar-refractivity contribution in [3.63, 3.8) is 0 Å². The lowest BCUT2D eigenvalue weighted by Crippen LogP contribution is -2.10. The molecule has 0 heterocycles. The van der Waals surface area contributed by atoms with E-state index in [0.717, 1.165) is 16.9 Å². The van der Waals surface area contributed by atoms with Gasteiger partial charge in [0.25, 0.3) is 0 Å². The van der Waals surface area contributed by atoms with Gasteiger partial charge in [0.2, 0.25) is 0 Å². The van der Waals surface area contributed by atoms with Crippen LogP contribution in [0, 0.1) is 13.8 Å². The summed E-state index contributed by atoms with van der Waals surface area (Å²) in [6, 6.07) is 12.2. The minimum atomic E-state index is -0.553. The third-order valence-electron chi connectivity index (χ3n) is 3.42. The van der Waals surface area contributed by atoms with Crippen LogP contribution in [0.5, 0.6) is 0 Å². The summed E-state index contributed by atoms with van der Waals surface area (Å²) in [5, 5.41) is 10.2. The van der Waals surface area contributed by atoms with Crippen molar-refractivity contribution in [2.24, 2.45) is 0 Å². The number of nitrogens with zero attached hydrogens (tertiary/aromatic N) is 1. The first kappa shape index (κ1) is 14.9. The van der Waals surface area contributed by atoms with Crippen molar-refractivity contribution in [3.8, 4) is 0 Å². The number of aliphatic hydroxyl groups excluding tert-OH is 1. The Kier molecular flexibility index (Phi) is 4.36. The van der Waals surface area contributed by atoms with Crippen molar-refractivity contribution in [1.29, 1.82) is 0 Å². The number of benzene rings is 2. The number of anilines is 2. The molecule has 0 aromatic heterocycles. The highest BCUT2D eigenvalue weighted by Crippen LogP contribution is 2.31. The molecule has 1 N–H and O–H groups in total. The molecule has 0 aliphatic rings. The number of halogens is 1. The van der Waals surface area contributed by atoms with Crippen LogP contribution in [-0.4, -0.2) is 12.2 Å². The summed E-state index contributed by atoms with van der Waals surface area (Å²) in [6.45, 7) is 5.90. The van der Waals surface area contributed by atoms with Gasteiger partial charge in [-0.3, -0.25) is 0 Å². The Labute approximate surface area is 125 Å². The topological polar surface area (TPSA) is 23.5 Å². The van der Waals surface area contributed by atoms with Crippen LogP contribution in [0.4, 0.5) is 11.4 Å². The number of aliphatic hydroxyl groups is 1. The number of aryl methyl sites for hydroxylation is 2. The van der Waals surface area contributed by atoms with Gasteiger partial charge in [0.05, 0.1) is 6.10 Å². The van der Waals surface area contributed by atoms with E-state index in [1.165, 1.54) is 11.1 Å². The Hall–Kier alpha value is -1.51.